The molecule has 0 amide bonds. The Hall–Kier alpha value is -1.42. The molecule has 0 saturated heterocycles. The van der Waals surface area contributed by atoms with E-state index in [1.54, 1.807) is 18.3 Å². The number of rotatable bonds is 4. The molecule has 0 unspecified atom stereocenters. The fourth-order valence-corrected chi connectivity index (χ4v) is 0.998. The molecule has 0 aromatic carbocycles. The van der Waals surface area contributed by atoms with E-state index in [4.69, 9.17) is 10.2 Å². The van der Waals surface area contributed by atoms with Gasteiger partial charge in [0.1, 0.15) is 0 Å². The minimum Gasteiger partial charge on any atom is -0.481 e. The van der Waals surface area contributed by atoms with E-state index in [2.05, 4.69) is 4.98 Å². The van der Waals surface area contributed by atoms with Gasteiger partial charge in [-0.15, -0.1) is 0 Å². The lowest BCUT2D eigenvalue weighted by Gasteiger charge is -1.99. The molecule has 70 valence electrons. The number of carboxylic acids is 1. The van der Waals surface area contributed by atoms with E-state index in [0.29, 0.717) is 12.1 Å². The van der Waals surface area contributed by atoms with Crippen molar-refractivity contribution in [2.75, 3.05) is 0 Å². The van der Waals surface area contributed by atoms with Crippen molar-refractivity contribution in [2.24, 2.45) is 0 Å². The first kappa shape index (κ1) is 9.67. The summed E-state index contributed by atoms with van der Waals surface area (Å²) in [6.07, 6.45) is 2.05. The van der Waals surface area contributed by atoms with Crippen LogP contribution in [0.15, 0.2) is 18.3 Å². The fraction of sp³-hybridized carbons (Fsp3) is 0.333. The van der Waals surface area contributed by atoms with Crippen molar-refractivity contribution in [3.63, 3.8) is 0 Å². The van der Waals surface area contributed by atoms with Crippen LogP contribution in [-0.2, 0) is 17.8 Å². The Kier molecular flexibility index (Phi) is 3.40. The second-order valence-corrected chi connectivity index (χ2v) is 2.71. The molecule has 13 heavy (non-hydrogen) atoms. The minimum absolute atomic E-state index is 0.0391. The van der Waals surface area contributed by atoms with Gasteiger partial charge in [-0.25, -0.2) is 0 Å². The lowest BCUT2D eigenvalue weighted by Crippen LogP contribution is -1.99. The second kappa shape index (κ2) is 4.57. The summed E-state index contributed by atoms with van der Waals surface area (Å²) in [5.74, 6) is -0.837. The zero-order valence-electron chi connectivity index (χ0n) is 7.10. The van der Waals surface area contributed by atoms with Crippen molar-refractivity contribution >= 4 is 5.97 Å². The maximum absolute atomic E-state index is 10.2. The molecule has 0 saturated carbocycles. The van der Waals surface area contributed by atoms with Gasteiger partial charge in [0.2, 0.25) is 0 Å². The summed E-state index contributed by atoms with van der Waals surface area (Å²) >= 11 is 0. The van der Waals surface area contributed by atoms with Crippen molar-refractivity contribution in [3.8, 4) is 0 Å². The molecule has 1 rings (SSSR count). The average molecular weight is 181 g/mol. The van der Waals surface area contributed by atoms with Gasteiger partial charge in [0.15, 0.2) is 0 Å². The normalized spacial score (nSPS) is 9.92. The summed E-state index contributed by atoms with van der Waals surface area (Å²) in [4.78, 5) is 14.2. The predicted molar refractivity (Wildman–Crippen MR) is 46.1 cm³/mol. The maximum Gasteiger partial charge on any atom is 0.303 e. The largest absolute Gasteiger partial charge is 0.481 e. The lowest BCUT2D eigenvalue weighted by molar-refractivity contribution is -0.136. The molecule has 0 aliphatic rings. The van der Waals surface area contributed by atoms with Crippen LogP contribution in [0.25, 0.3) is 0 Å². The van der Waals surface area contributed by atoms with Crippen LogP contribution in [0.1, 0.15) is 17.7 Å². The topological polar surface area (TPSA) is 70.4 Å². The van der Waals surface area contributed by atoms with Crippen molar-refractivity contribution < 1.29 is 15.0 Å². The molecule has 0 radical (unpaired) electrons. The Morgan fingerprint density at radius 3 is 2.92 bits per heavy atom. The van der Waals surface area contributed by atoms with Gasteiger partial charge < -0.3 is 10.2 Å². The third-order valence-electron chi connectivity index (χ3n) is 1.66. The molecule has 1 aromatic heterocycles. The van der Waals surface area contributed by atoms with Crippen LogP contribution in [0.5, 0.6) is 0 Å². The van der Waals surface area contributed by atoms with Gasteiger partial charge in [-0.05, 0) is 17.7 Å². The van der Waals surface area contributed by atoms with Gasteiger partial charge in [-0.2, -0.15) is 0 Å². The standard InChI is InChI=1S/C9H11NO3/c11-6-7-3-4-10-8(5-7)1-2-9(12)13/h3-5,11H,1-2,6H2,(H,12,13). The van der Waals surface area contributed by atoms with Crippen molar-refractivity contribution in [2.45, 2.75) is 19.4 Å². The SMILES string of the molecule is O=C(O)CCc1cc(CO)ccn1. The Morgan fingerprint density at radius 1 is 1.54 bits per heavy atom. The molecule has 0 spiro atoms. The number of aliphatic carboxylic acids is 1. The van der Waals surface area contributed by atoms with E-state index in [1.807, 2.05) is 0 Å². The zero-order chi connectivity index (χ0) is 9.68. The molecular weight excluding hydrogens is 170 g/mol. The number of hydrogen-bond acceptors (Lipinski definition) is 3. The molecule has 4 nitrogen and oxygen atoms in total. The highest BCUT2D eigenvalue weighted by Gasteiger charge is 2.00. The number of carbonyl (C=O) groups is 1. The van der Waals surface area contributed by atoms with E-state index in [-0.39, 0.29) is 13.0 Å². The maximum atomic E-state index is 10.2. The van der Waals surface area contributed by atoms with Gasteiger partial charge in [0, 0.05) is 18.3 Å². The Morgan fingerprint density at radius 2 is 2.31 bits per heavy atom. The molecule has 0 bridgehead atoms. The van der Waals surface area contributed by atoms with Crippen LogP contribution in [0.2, 0.25) is 0 Å². The number of nitrogens with zero attached hydrogens (tertiary/aromatic N) is 1. The van der Waals surface area contributed by atoms with Crippen molar-refractivity contribution in [3.05, 3.63) is 29.6 Å². The van der Waals surface area contributed by atoms with Gasteiger partial charge >= 0.3 is 5.97 Å². The van der Waals surface area contributed by atoms with Crippen LogP contribution < -0.4 is 0 Å². The molecule has 1 aromatic rings. The zero-order valence-corrected chi connectivity index (χ0v) is 7.10. The Bertz CT molecular complexity index is 299. The highest BCUT2D eigenvalue weighted by atomic mass is 16.4. The first-order valence-electron chi connectivity index (χ1n) is 3.99. The van der Waals surface area contributed by atoms with Crippen LogP contribution >= 0.6 is 0 Å². The highest BCUT2D eigenvalue weighted by molar-refractivity contribution is 5.66. The van der Waals surface area contributed by atoms with Crippen molar-refractivity contribution in [1.29, 1.82) is 0 Å². The highest BCUT2D eigenvalue weighted by Crippen LogP contribution is 2.03. The molecule has 0 aliphatic carbocycles. The van der Waals surface area contributed by atoms with Crippen LogP contribution in [0, 0.1) is 0 Å². The summed E-state index contributed by atoms with van der Waals surface area (Å²) in [6.45, 7) is -0.0391. The van der Waals surface area contributed by atoms with E-state index in [1.165, 1.54) is 0 Å². The van der Waals surface area contributed by atoms with E-state index in [0.717, 1.165) is 5.56 Å². The molecule has 0 fully saturated rings. The molecule has 1 heterocycles. The summed E-state index contributed by atoms with van der Waals surface area (Å²) in [6, 6.07) is 3.41. The van der Waals surface area contributed by atoms with Crippen LogP contribution in [0.3, 0.4) is 0 Å². The Labute approximate surface area is 75.9 Å². The number of aliphatic hydroxyl groups excluding tert-OH is 1. The monoisotopic (exact) mass is 181 g/mol. The minimum atomic E-state index is -0.837. The third-order valence-corrected chi connectivity index (χ3v) is 1.66. The Balaban J connectivity index is 2.61. The summed E-state index contributed by atoms with van der Waals surface area (Å²) in [5, 5.41) is 17.2. The summed E-state index contributed by atoms with van der Waals surface area (Å²) < 4.78 is 0. The third kappa shape index (κ3) is 3.21. The van der Waals surface area contributed by atoms with Gasteiger partial charge in [-0.3, -0.25) is 9.78 Å². The molecule has 0 aliphatic heterocycles. The van der Waals surface area contributed by atoms with E-state index in [9.17, 15) is 4.79 Å². The number of hydrogen-bond donors (Lipinski definition) is 2. The number of pyridine rings is 1. The van der Waals surface area contributed by atoms with E-state index >= 15 is 0 Å². The van der Waals surface area contributed by atoms with Crippen LogP contribution in [-0.4, -0.2) is 21.2 Å². The quantitative estimate of drug-likeness (QED) is 0.713. The number of aromatic nitrogens is 1. The number of aryl methyl sites for hydroxylation is 1. The lowest BCUT2D eigenvalue weighted by atomic mass is 10.2. The smallest absolute Gasteiger partial charge is 0.303 e. The molecule has 2 N–H and O–H groups in total. The summed E-state index contributed by atoms with van der Waals surface area (Å²) in [5.41, 5.74) is 1.46. The number of carboxylic acid groups (broad SMARTS) is 1. The molecule has 0 atom stereocenters. The first-order valence-corrected chi connectivity index (χ1v) is 3.99. The van der Waals surface area contributed by atoms with Gasteiger partial charge in [-0.1, -0.05) is 0 Å². The summed E-state index contributed by atoms with van der Waals surface area (Å²) in [7, 11) is 0. The predicted octanol–water partition coefficient (Wildman–Crippen LogP) is 0.591. The number of aliphatic hydroxyl groups is 1. The van der Waals surface area contributed by atoms with Crippen LogP contribution in [0.4, 0.5) is 0 Å². The van der Waals surface area contributed by atoms with E-state index < -0.39 is 5.97 Å². The average Bonchev–Trinajstić information content (AvgIpc) is 2.15. The second-order valence-electron chi connectivity index (χ2n) is 2.71. The fourth-order valence-electron chi connectivity index (χ4n) is 0.998. The van der Waals surface area contributed by atoms with Gasteiger partial charge in [0.05, 0.1) is 13.0 Å². The molecule has 4 heteroatoms. The first-order chi connectivity index (χ1) is 6.22. The molecular formula is C9H11NO3. The van der Waals surface area contributed by atoms with Crippen molar-refractivity contribution in [1.82, 2.24) is 4.98 Å². The van der Waals surface area contributed by atoms with Gasteiger partial charge in [0.25, 0.3) is 0 Å².